The van der Waals surface area contributed by atoms with Crippen LogP contribution in [-0.2, 0) is 0 Å². The van der Waals surface area contributed by atoms with Crippen molar-refractivity contribution < 1.29 is 8.83 Å². The first-order chi connectivity index (χ1) is 25.3. The fourth-order valence-corrected chi connectivity index (χ4v) is 8.15. The molecule has 0 fully saturated rings. The van der Waals surface area contributed by atoms with Gasteiger partial charge in [0, 0.05) is 21.8 Å². The van der Waals surface area contributed by atoms with E-state index < -0.39 is 0 Å². The van der Waals surface area contributed by atoms with Crippen LogP contribution in [-0.4, -0.2) is 0 Å². The van der Waals surface area contributed by atoms with Crippen molar-refractivity contribution in [3.05, 3.63) is 176 Å². The Kier molecular flexibility index (Phi) is 5.96. The number of hydrogen-bond acceptors (Lipinski definition) is 3. The molecule has 0 saturated heterocycles. The molecule has 0 spiro atoms. The quantitative estimate of drug-likeness (QED) is 0.177. The molecule has 51 heavy (non-hydrogen) atoms. The van der Waals surface area contributed by atoms with Gasteiger partial charge in [-0.3, -0.25) is 0 Å². The minimum absolute atomic E-state index is 0.854. The molecule has 0 radical (unpaired) electrons. The molecule has 0 aliphatic heterocycles. The zero-order valence-corrected chi connectivity index (χ0v) is 27.5. The molecule has 0 unspecified atom stereocenters. The number of para-hydroxylation sites is 1. The maximum absolute atomic E-state index is 6.68. The number of hydrogen-bond donors (Lipinski definition) is 0. The van der Waals surface area contributed by atoms with Crippen molar-refractivity contribution in [1.82, 2.24) is 0 Å². The summed E-state index contributed by atoms with van der Waals surface area (Å²) >= 11 is 0. The van der Waals surface area contributed by atoms with E-state index in [9.17, 15) is 0 Å². The molecule has 0 atom stereocenters. The Morgan fingerprint density at radius 2 is 0.941 bits per heavy atom. The molecule has 11 rings (SSSR count). The number of furan rings is 2. The van der Waals surface area contributed by atoms with Gasteiger partial charge in [-0.05, 0) is 92.7 Å². The van der Waals surface area contributed by atoms with Crippen LogP contribution in [0, 0.1) is 0 Å². The molecule has 11 aromatic rings. The van der Waals surface area contributed by atoms with Gasteiger partial charge in [0.1, 0.15) is 22.3 Å². The predicted octanol–water partition coefficient (Wildman–Crippen LogP) is 14.1. The van der Waals surface area contributed by atoms with Crippen molar-refractivity contribution in [2.24, 2.45) is 0 Å². The summed E-state index contributed by atoms with van der Waals surface area (Å²) in [7, 11) is 0. The molecular weight excluding hydrogens is 623 g/mol. The molecular formula is C48H29NO2. The van der Waals surface area contributed by atoms with Gasteiger partial charge in [0.05, 0.1) is 22.1 Å². The molecule has 0 aliphatic carbocycles. The van der Waals surface area contributed by atoms with E-state index >= 15 is 0 Å². The lowest BCUT2D eigenvalue weighted by atomic mass is 9.93. The summed E-state index contributed by atoms with van der Waals surface area (Å²) in [5.74, 6) is 0. The van der Waals surface area contributed by atoms with Crippen LogP contribution >= 0.6 is 0 Å². The fraction of sp³-hybridized carbons (Fsp3) is 0. The van der Waals surface area contributed by atoms with Gasteiger partial charge in [-0.1, -0.05) is 121 Å². The van der Waals surface area contributed by atoms with Gasteiger partial charge in [-0.2, -0.15) is 0 Å². The van der Waals surface area contributed by atoms with Crippen LogP contribution < -0.4 is 4.90 Å². The van der Waals surface area contributed by atoms with Crippen LogP contribution in [0.15, 0.2) is 185 Å². The Balaban J connectivity index is 1.18. The lowest BCUT2D eigenvalue weighted by Crippen LogP contribution is -2.10. The lowest BCUT2D eigenvalue weighted by Gasteiger charge is -2.27. The van der Waals surface area contributed by atoms with Crippen molar-refractivity contribution in [2.45, 2.75) is 0 Å². The van der Waals surface area contributed by atoms with Gasteiger partial charge in [-0.25, -0.2) is 0 Å². The minimum atomic E-state index is 0.854. The Bertz CT molecular complexity index is 3150. The Morgan fingerprint density at radius 3 is 1.73 bits per heavy atom. The highest BCUT2D eigenvalue weighted by Gasteiger charge is 2.23. The van der Waals surface area contributed by atoms with Gasteiger partial charge in [0.25, 0.3) is 0 Å². The lowest BCUT2D eigenvalue weighted by molar-refractivity contribution is 0.669. The van der Waals surface area contributed by atoms with Gasteiger partial charge in [0.2, 0.25) is 0 Å². The van der Waals surface area contributed by atoms with Crippen molar-refractivity contribution >= 4 is 93.3 Å². The number of anilines is 3. The molecule has 0 saturated carbocycles. The highest BCUT2D eigenvalue weighted by Crippen LogP contribution is 2.48. The average Bonchev–Trinajstić information content (AvgIpc) is 3.78. The highest BCUT2D eigenvalue weighted by atomic mass is 16.3. The molecule has 2 heterocycles. The zero-order chi connectivity index (χ0) is 33.5. The molecule has 3 nitrogen and oxygen atoms in total. The van der Waals surface area contributed by atoms with Crippen LogP contribution in [0.2, 0.25) is 0 Å². The van der Waals surface area contributed by atoms with Crippen LogP contribution in [0.1, 0.15) is 0 Å². The van der Waals surface area contributed by atoms with Gasteiger partial charge >= 0.3 is 0 Å². The average molecular weight is 652 g/mol. The van der Waals surface area contributed by atoms with E-state index in [2.05, 4.69) is 169 Å². The van der Waals surface area contributed by atoms with E-state index in [-0.39, 0.29) is 0 Å². The SMILES string of the molecule is c1ccc2c(c1)cc(-c1ccc(N(c3cccc4oc5ccccc5c34)c3cccc4oc5c6ccccc6ccc5c34)cc1)c1ccccc12. The van der Waals surface area contributed by atoms with Crippen LogP contribution in [0.4, 0.5) is 17.1 Å². The third-order valence-electron chi connectivity index (χ3n) is 10.4. The first-order valence-electron chi connectivity index (χ1n) is 17.3. The predicted molar refractivity (Wildman–Crippen MR) is 214 cm³/mol. The topological polar surface area (TPSA) is 29.5 Å². The molecule has 238 valence electrons. The van der Waals surface area contributed by atoms with Crippen molar-refractivity contribution in [3.8, 4) is 11.1 Å². The zero-order valence-electron chi connectivity index (χ0n) is 27.5. The van der Waals surface area contributed by atoms with Gasteiger partial charge in [-0.15, -0.1) is 0 Å². The Hall–Kier alpha value is -6.84. The Morgan fingerprint density at radius 1 is 0.353 bits per heavy atom. The van der Waals surface area contributed by atoms with Gasteiger partial charge in [0.15, 0.2) is 0 Å². The summed E-state index contributed by atoms with van der Waals surface area (Å²) in [6.45, 7) is 0. The molecule has 2 aromatic heterocycles. The number of rotatable bonds is 4. The Labute approximate surface area is 293 Å². The summed E-state index contributed by atoms with van der Waals surface area (Å²) in [6.07, 6.45) is 0. The number of fused-ring (bicyclic) bond motifs is 11. The standard InChI is InChI=1S/C48H29NO2/c1-4-14-35-30(11-1)25-28-39-47-42(19-10-22-45(47)51-48(35)39)49(41-18-9-21-44-46(41)38-17-7-8-20-43(38)50-44)33-26-23-31(24-27-33)40-29-32-12-2-3-13-34(32)36-15-5-6-16-37(36)40/h1-29H. The van der Waals surface area contributed by atoms with E-state index in [0.717, 1.165) is 71.7 Å². The van der Waals surface area contributed by atoms with E-state index in [1.807, 2.05) is 12.1 Å². The summed E-state index contributed by atoms with van der Waals surface area (Å²) in [5.41, 5.74) is 9.01. The molecule has 0 aliphatic rings. The fourth-order valence-electron chi connectivity index (χ4n) is 8.15. The van der Waals surface area contributed by atoms with Crippen LogP contribution in [0.3, 0.4) is 0 Å². The van der Waals surface area contributed by atoms with E-state index in [1.54, 1.807) is 0 Å². The molecule has 0 bridgehead atoms. The number of benzene rings is 9. The second-order valence-electron chi connectivity index (χ2n) is 13.2. The van der Waals surface area contributed by atoms with E-state index in [1.165, 1.54) is 32.7 Å². The smallest absolute Gasteiger partial charge is 0.143 e. The van der Waals surface area contributed by atoms with E-state index in [0.29, 0.717) is 0 Å². The van der Waals surface area contributed by atoms with Crippen LogP contribution in [0.5, 0.6) is 0 Å². The summed E-state index contributed by atoms with van der Waals surface area (Å²) in [6, 6.07) is 62.6. The highest BCUT2D eigenvalue weighted by molar-refractivity contribution is 6.21. The maximum atomic E-state index is 6.68. The second kappa shape index (κ2) is 10.8. The summed E-state index contributed by atoms with van der Waals surface area (Å²) < 4.78 is 13.1. The molecule has 9 aromatic carbocycles. The van der Waals surface area contributed by atoms with Gasteiger partial charge < -0.3 is 13.7 Å². The number of nitrogens with zero attached hydrogens (tertiary/aromatic N) is 1. The van der Waals surface area contributed by atoms with E-state index in [4.69, 9.17) is 8.83 Å². The van der Waals surface area contributed by atoms with Crippen molar-refractivity contribution in [3.63, 3.8) is 0 Å². The third-order valence-corrected chi connectivity index (χ3v) is 10.4. The van der Waals surface area contributed by atoms with Crippen molar-refractivity contribution in [1.29, 1.82) is 0 Å². The first-order valence-corrected chi connectivity index (χ1v) is 17.3. The third kappa shape index (κ3) is 4.19. The summed E-state index contributed by atoms with van der Waals surface area (Å²) in [5, 5.41) is 11.6. The maximum Gasteiger partial charge on any atom is 0.143 e. The molecule has 3 heteroatoms. The van der Waals surface area contributed by atoms with Crippen molar-refractivity contribution in [2.75, 3.05) is 4.90 Å². The second-order valence-corrected chi connectivity index (χ2v) is 13.2. The largest absolute Gasteiger partial charge is 0.456 e. The normalized spacial score (nSPS) is 11.9. The minimum Gasteiger partial charge on any atom is -0.456 e. The van der Waals surface area contributed by atoms with Crippen LogP contribution in [0.25, 0.3) is 87.3 Å². The monoisotopic (exact) mass is 651 g/mol. The molecule has 0 amide bonds. The summed E-state index contributed by atoms with van der Waals surface area (Å²) in [4.78, 5) is 2.37. The first kappa shape index (κ1) is 28.0. The molecule has 0 N–H and O–H groups in total.